The lowest BCUT2D eigenvalue weighted by Gasteiger charge is -2.38. The van der Waals surface area contributed by atoms with Crippen molar-refractivity contribution in [3.05, 3.63) is 95.7 Å². The maximum absolute atomic E-state index is 13.7. The fourth-order valence-corrected chi connectivity index (χ4v) is 5.40. The molecule has 7 rings (SSSR count). The summed E-state index contributed by atoms with van der Waals surface area (Å²) in [7, 11) is 1.56. The lowest BCUT2D eigenvalue weighted by Crippen LogP contribution is -2.58. The number of rotatable bonds is 2. The van der Waals surface area contributed by atoms with Crippen LogP contribution in [0.25, 0.3) is 11.1 Å². The van der Waals surface area contributed by atoms with Crippen molar-refractivity contribution in [2.45, 2.75) is 32.0 Å². The number of hydrogen-bond acceptors (Lipinski definition) is 9. The molecule has 6 bridgehead atoms. The highest BCUT2D eigenvalue weighted by Crippen LogP contribution is 2.33. The number of carboxylic acid groups (broad SMARTS) is 1. The Hall–Kier alpha value is -5.85. The molecule has 0 spiro atoms. The van der Waals surface area contributed by atoms with E-state index in [1.54, 1.807) is 49.3 Å². The molecule has 0 aliphatic carbocycles. The van der Waals surface area contributed by atoms with Crippen molar-refractivity contribution in [2.75, 3.05) is 26.8 Å². The highest BCUT2D eigenvalue weighted by molar-refractivity contribution is 5.97. The molecule has 3 aliphatic rings. The van der Waals surface area contributed by atoms with E-state index in [4.69, 9.17) is 28.5 Å². The lowest BCUT2D eigenvalue weighted by atomic mass is 9.99. The Bertz CT molecular complexity index is 1740. The zero-order chi connectivity index (χ0) is 33.3. The highest BCUT2D eigenvalue weighted by atomic mass is 16.5. The SMILES string of the molecule is COc1ccc2cc1-c1cccc(c1)OCC(=O)NCc1ccc(cc1)O[C@@H]1CCN(C(=O)c3ncoc3C)C[C@H]1NC2=O.O=CO. The van der Waals surface area contributed by atoms with E-state index < -0.39 is 12.1 Å². The number of likely N-dealkylation sites (tertiary alicyclic amines) is 1. The van der Waals surface area contributed by atoms with Crippen molar-refractivity contribution >= 4 is 24.2 Å². The molecule has 13 heteroatoms. The van der Waals surface area contributed by atoms with Gasteiger partial charge in [0.05, 0.1) is 13.2 Å². The first-order valence-electron chi connectivity index (χ1n) is 14.8. The van der Waals surface area contributed by atoms with Crippen LogP contribution in [-0.2, 0) is 16.1 Å². The number of ether oxygens (including phenoxy) is 3. The van der Waals surface area contributed by atoms with Crippen molar-refractivity contribution in [2.24, 2.45) is 0 Å². The largest absolute Gasteiger partial charge is 0.496 e. The van der Waals surface area contributed by atoms with E-state index in [1.807, 2.05) is 36.4 Å². The molecule has 1 saturated heterocycles. The van der Waals surface area contributed by atoms with E-state index in [2.05, 4.69) is 15.6 Å². The van der Waals surface area contributed by atoms with Gasteiger partial charge >= 0.3 is 0 Å². The Labute approximate surface area is 270 Å². The third kappa shape index (κ3) is 7.87. The van der Waals surface area contributed by atoms with Crippen molar-refractivity contribution in [1.82, 2.24) is 20.5 Å². The van der Waals surface area contributed by atoms with E-state index >= 15 is 0 Å². The minimum Gasteiger partial charge on any atom is -0.496 e. The number of carbonyl (C=O) groups is 4. The van der Waals surface area contributed by atoms with E-state index in [9.17, 15) is 14.4 Å². The predicted octanol–water partition coefficient (Wildman–Crippen LogP) is 3.46. The zero-order valence-corrected chi connectivity index (χ0v) is 25.8. The summed E-state index contributed by atoms with van der Waals surface area (Å²) < 4.78 is 23.0. The van der Waals surface area contributed by atoms with Crippen molar-refractivity contribution in [3.8, 4) is 28.4 Å². The normalized spacial score (nSPS) is 17.7. The van der Waals surface area contributed by atoms with Crippen LogP contribution in [0, 0.1) is 6.92 Å². The van der Waals surface area contributed by atoms with Gasteiger partial charge in [-0.1, -0.05) is 24.3 Å². The van der Waals surface area contributed by atoms with Gasteiger partial charge in [0.2, 0.25) is 0 Å². The minimum absolute atomic E-state index is 0.150. The fraction of sp³-hybridized carbons (Fsp3) is 0.265. The predicted molar refractivity (Wildman–Crippen MR) is 168 cm³/mol. The Balaban J connectivity index is 0.00000139. The van der Waals surface area contributed by atoms with Crippen LogP contribution < -0.4 is 24.8 Å². The molecule has 3 aliphatic heterocycles. The number of aryl methyl sites for hydroxylation is 1. The average molecular weight is 643 g/mol. The topological polar surface area (TPSA) is 170 Å². The molecular weight excluding hydrogens is 608 g/mol. The smallest absolute Gasteiger partial charge is 0.290 e. The van der Waals surface area contributed by atoms with Crippen LogP contribution in [-0.4, -0.2) is 78.1 Å². The number of benzene rings is 3. The lowest BCUT2D eigenvalue weighted by molar-refractivity contribution is -0.123. The van der Waals surface area contributed by atoms with Gasteiger partial charge in [-0.3, -0.25) is 19.2 Å². The van der Waals surface area contributed by atoms with Crippen LogP contribution in [0.15, 0.2) is 77.5 Å². The molecule has 2 atom stereocenters. The molecule has 4 heterocycles. The molecule has 1 fully saturated rings. The average Bonchev–Trinajstić information content (AvgIpc) is 3.52. The zero-order valence-electron chi connectivity index (χ0n) is 25.8. The van der Waals surface area contributed by atoms with Crippen LogP contribution in [0.4, 0.5) is 0 Å². The van der Waals surface area contributed by atoms with Crippen molar-refractivity contribution < 1.29 is 42.9 Å². The number of oxazole rings is 1. The second-order valence-corrected chi connectivity index (χ2v) is 10.8. The van der Waals surface area contributed by atoms with Gasteiger partial charge < -0.3 is 39.3 Å². The van der Waals surface area contributed by atoms with Gasteiger partial charge in [0.15, 0.2) is 18.7 Å². The van der Waals surface area contributed by atoms with E-state index in [0.717, 1.165) is 11.1 Å². The Morgan fingerprint density at radius 2 is 1.85 bits per heavy atom. The van der Waals surface area contributed by atoms with Gasteiger partial charge in [0.1, 0.15) is 29.1 Å². The summed E-state index contributed by atoms with van der Waals surface area (Å²) in [5, 5.41) is 12.9. The number of nitrogens with zero attached hydrogens (tertiary/aromatic N) is 2. The van der Waals surface area contributed by atoms with Crippen molar-refractivity contribution in [1.29, 1.82) is 0 Å². The molecule has 0 saturated carbocycles. The second-order valence-electron chi connectivity index (χ2n) is 10.8. The first kappa shape index (κ1) is 32.5. The fourth-order valence-electron chi connectivity index (χ4n) is 5.40. The summed E-state index contributed by atoms with van der Waals surface area (Å²) in [6.07, 6.45) is 1.31. The molecule has 47 heavy (non-hydrogen) atoms. The standard InChI is InChI=1S/C33H32N4O7.CH2O2/c1-20-31(35-19-43-20)33(40)37-13-12-29-27(17-37)36-32(39)23-8-11-28(41-2)26(15-23)22-4-3-5-25(14-22)42-18-30(38)34-16-21-6-9-24(44-29)10-7-21;2-1-3/h3-11,14-15,19,27,29H,12-13,16-18H2,1-2H3,(H,34,38)(H,36,39);1H,(H,2,3)/t27-,29-;/m1./s1. The summed E-state index contributed by atoms with van der Waals surface area (Å²) in [4.78, 5) is 53.6. The van der Waals surface area contributed by atoms with E-state index in [-0.39, 0.29) is 43.0 Å². The second kappa shape index (κ2) is 15.0. The summed E-state index contributed by atoms with van der Waals surface area (Å²) in [5.74, 6) is 1.27. The quantitative estimate of drug-likeness (QED) is 0.275. The monoisotopic (exact) mass is 642 g/mol. The van der Waals surface area contributed by atoms with Gasteiger partial charge in [0.25, 0.3) is 24.2 Å². The molecule has 3 aromatic carbocycles. The summed E-state index contributed by atoms with van der Waals surface area (Å²) in [5.41, 5.74) is 2.97. The number of methoxy groups -OCH3 is 1. The van der Waals surface area contributed by atoms with Crippen molar-refractivity contribution in [3.63, 3.8) is 0 Å². The molecule has 13 nitrogen and oxygen atoms in total. The molecule has 3 N–H and O–H groups in total. The summed E-state index contributed by atoms with van der Waals surface area (Å²) in [6.45, 7) is 2.25. The van der Waals surface area contributed by atoms with Crippen LogP contribution >= 0.6 is 0 Å². The minimum atomic E-state index is -0.528. The first-order valence-corrected chi connectivity index (χ1v) is 14.8. The van der Waals surface area contributed by atoms with E-state index in [0.29, 0.717) is 53.6 Å². The summed E-state index contributed by atoms with van der Waals surface area (Å²) >= 11 is 0. The summed E-state index contributed by atoms with van der Waals surface area (Å²) in [6, 6.07) is 19.3. The number of hydrogen-bond donors (Lipinski definition) is 3. The molecule has 0 radical (unpaired) electrons. The van der Waals surface area contributed by atoms with Gasteiger partial charge in [-0.25, -0.2) is 4.98 Å². The number of amides is 3. The van der Waals surface area contributed by atoms with Gasteiger partial charge in [-0.2, -0.15) is 0 Å². The number of aromatic nitrogens is 1. The first-order chi connectivity index (χ1) is 22.8. The number of carbonyl (C=O) groups excluding carboxylic acids is 3. The highest BCUT2D eigenvalue weighted by Gasteiger charge is 2.36. The van der Waals surface area contributed by atoms with Gasteiger partial charge in [-0.05, 0) is 60.5 Å². The Morgan fingerprint density at radius 1 is 1.06 bits per heavy atom. The molecule has 1 aromatic heterocycles. The number of fused-ring (bicyclic) bond motifs is 7. The molecule has 4 aromatic rings. The maximum Gasteiger partial charge on any atom is 0.290 e. The van der Waals surface area contributed by atoms with Crippen LogP contribution in [0.3, 0.4) is 0 Å². The van der Waals surface area contributed by atoms with Crippen LogP contribution in [0.1, 0.15) is 38.6 Å². The molecular formula is C34H34N4O9. The third-order valence-corrected chi connectivity index (χ3v) is 7.78. The molecule has 3 amide bonds. The Kier molecular flexibility index (Phi) is 10.4. The molecule has 0 unspecified atom stereocenters. The van der Waals surface area contributed by atoms with Gasteiger partial charge in [0, 0.05) is 37.2 Å². The number of piperidine rings is 1. The maximum atomic E-state index is 13.7. The van der Waals surface area contributed by atoms with E-state index in [1.165, 1.54) is 6.39 Å². The number of nitrogens with one attached hydrogen (secondary N) is 2. The Morgan fingerprint density at radius 3 is 2.57 bits per heavy atom. The van der Waals surface area contributed by atoms with Crippen LogP contribution in [0.2, 0.25) is 0 Å². The third-order valence-electron chi connectivity index (χ3n) is 7.78. The van der Waals surface area contributed by atoms with Gasteiger partial charge in [-0.15, -0.1) is 0 Å². The van der Waals surface area contributed by atoms with Crippen LogP contribution in [0.5, 0.6) is 17.2 Å². The molecule has 244 valence electrons.